The van der Waals surface area contributed by atoms with E-state index in [-0.39, 0.29) is 5.54 Å². The van der Waals surface area contributed by atoms with Crippen LogP contribution in [0.15, 0.2) is 60.1 Å². The molecule has 2 heterocycles. The summed E-state index contributed by atoms with van der Waals surface area (Å²) < 4.78 is 0. The third-order valence-electron chi connectivity index (χ3n) is 4.24. The fourth-order valence-electron chi connectivity index (χ4n) is 3.12. The van der Waals surface area contributed by atoms with E-state index in [4.69, 9.17) is 0 Å². The van der Waals surface area contributed by atoms with Gasteiger partial charge in [0.15, 0.2) is 0 Å². The van der Waals surface area contributed by atoms with Crippen molar-refractivity contribution in [2.45, 2.75) is 18.5 Å². The molecule has 0 aliphatic carbocycles. The van der Waals surface area contributed by atoms with Gasteiger partial charge in [-0.3, -0.25) is 9.89 Å². The molecule has 1 aromatic carbocycles. The molecule has 98 valence electrons. The minimum absolute atomic E-state index is 0.00502. The van der Waals surface area contributed by atoms with Crippen LogP contribution >= 0.6 is 0 Å². The molecule has 0 amide bonds. The summed E-state index contributed by atoms with van der Waals surface area (Å²) in [6.45, 7) is 7.17. The molecule has 0 unspecified atom stereocenters. The summed E-state index contributed by atoms with van der Waals surface area (Å²) in [4.78, 5) is 7.19. The van der Waals surface area contributed by atoms with Crippen LogP contribution < -0.4 is 0 Å². The Morgan fingerprint density at radius 2 is 2.21 bits per heavy atom. The molecule has 1 saturated heterocycles. The lowest BCUT2D eigenvalue weighted by Crippen LogP contribution is -2.48. The van der Waals surface area contributed by atoms with E-state index in [1.807, 2.05) is 6.21 Å². The lowest BCUT2D eigenvalue weighted by atomic mass is 9.78. The van der Waals surface area contributed by atoms with Crippen molar-refractivity contribution in [3.8, 4) is 0 Å². The van der Waals surface area contributed by atoms with E-state index in [2.05, 4.69) is 65.0 Å². The maximum absolute atomic E-state index is 4.69. The average molecular weight is 252 g/mol. The van der Waals surface area contributed by atoms with Crippen molar-refractivity contribution in [1.82, 2.24) is 4.90 Å². The number of allylic oxidation sites excluding steroid dienone is 1. The van der Waals surface area contributed by atoms with Crippen molar-refractivity contribution in [2.75, 3.05) is 13.1 Å². The van der Waals surface area contributed by atoms with Gasteiger partial charge in [-0.1, -0.05) is 42.5 Å². The van der Waals surface area contributed by atoms with Crippen molar-refractivity contribution in [2.24, 2.45) is 10.9 Å². The second kappa shape index (κ2) is 5.14. The average Bonchev–Trinajstić information content (AvgIpc) is 2.92. The van der Waals surface area contributed by atoms with Crippen LogP contribution in [0.1, 0.15) is 12.0 Å². The van der Waals surface area contributed by atoms with Gasteiger partial charge in [0, 0.05) is 31.8 Å². The molecule has 19 heavy (non-hydrogen) atoms. The summed E-state index contributed by atoms with van der Waals surface area (Å²) in [5.41, 5.74) is 1.38. The van der Waals surface area contributed by atoms with Crippen LogP contribution in [0.3, 0.4) is 0 Å². The molecule has 0 bridgehead atoms. The van der Waals surface area contributed by atoms with Crippen LogP contribution in [0.2, 0.25) is 0 Å². The first kappa shape index (κ1) is 12.4. The zero-order chi connectivity index (χ0) is 13.1. The van der Waals surface area contributed by atoms with E-state index in [1.165, 1.54) is 5.56 Å². The number of hydrogen-bond donors (Lipinski definition) is 0. The topological polar surface area (TPSA) is 15.6 Å². The van der Waals surface area contributed by atoms with Gasteiger partial charge >= 0.3 is 0 Å². The van der Waals surface area contributed by atoms with Crippen molar-refractivity contribution >= 4 is 6.21 Å². The van der Waals surface area contributed by atoms with E-state index in [0.717, 1.165) is 26.1 Å². The van der Waals surface area contributed by atoms with Gasteiger partial charge in [-0.2, -0.15) is 0 Å². The lowest BCUT2D eigenvalue weighted by molar-refractivity contribution is 0.142. The molecule has 0 aromatic heterocycles. The first-order valence-electron chi connectivity index (χ1n) is 6.94. The van der Waals surface area contributed by atoms with Gasteiger partial charge in [-0.15, -0.1) is 6.58 Å². The fraction of sp³-hybridized carbons (Fsp3) is 0.353. The summed E-state index contributed by atoms with van der Waals surface area (Å²) in [5, 5.41) is 0. The summed E-state index contributed by atoms with van der Waals surface area (Å²) in [7, 11) is 0. The Kier molecular flexibility index (Phi) is 3.34. The van der Waals surface area contributed by atoms with Gasteiger partial charge in [0.1, 0.15) is 0 Å². The molecule has 0 radical (unpaired) electrons. The molecule has 2 aliphatic rings. The van der Waals surface area contributed by atoms with Gasteiger partial charge in [0.25, 0.3) is 0 Å². The van der Waals surface area contributed by atoms with Crippen molar-refractivity contribution in [3.63, 3.8) is 0 Å². The van der Waals surface area contributed by atoms with E-state index in [9.17, 15) is 0 Å². The number of benzene rings is 1. The molecule has 1 fully saturated rings. The summed E-state index contributed by atoms with van der Waals surface area (Å²) in [5.74, 6) is 0.417. The number of nitrogens with zero attached hydrogens (tertiary/aromatic N) is 2. The van der Waals surface area contributed by atoms with Crippen LogP contribution in [0.4, 0.5) is 0 Å². The zero-order valence-corrected chi connectivity index (χ0v) is 11.2. The fourth-order valence-corrected chi connectivity index (χ4v) is 3.12. The molecule has 1 aromatic rings. The SMILES string of the molecule is C=C[C@H]1CN(Cc2ccccc2)CC[C@@]12C=CC=N2. The molecular weight excluding hydrogens is 232 g/mol. The maximum Gasteiger partial charge on any atom is 0.0877 e. The molecule has 3 rings (SSSR count). The molecule has 2 atom stereocenters. The van der Waals surface area contributed by atoms with Gasteiger partial charge in [-0.25, -0.2) is 0 Å². The highest BCUT2D eigenvalue weighted by Crippen LogP contribution is 2.36. The van der Waals surface area contributed by atoms with Crippen molar-refractivity contribution in [1.29, 1.82) is 0 Å². The standard InChI is InChI=1S/C17H20N2/c1-2-16-14-19(13-15-7-4-3-5-8-15)12-10-17(16)9-6-11-18-17/h2-9,11,16H,1,10,12-14H2/t16-,17-/m0/s1. The predicted octanol–water partition coefficient (Wildman–Crippen LogP) is 3.07. The first-order valence-corrected chi connectivity index (χ1v) is 6.94. The highest BCUT2D eigenvalue weighted by molar-refractivity contribution is 5.75. The van der Waals surface area contributed by atoms with Crippen LogP contribution in [-0.4, -0.2) is 29.7 Å². The largest absolute Gasteiger partial charge is 0.298 e. The Balaban J connectivity index is 1.70. The second-order valence-electron chi connectivity index (χ2n) is 5.44. The van der Waals surface area contributed by atoms with E-state index in [1.54, 1.807) is 0 Å². The number of rotatable bonds is 3. The monoisotopic (exact) mass is 252 g/mol. The maximum atomic E-state index is 4.69. The third kappa shape index (κ3) is 2.41. The van der Waals surface area contributed by atoms with Gasteiger partial charge < -0.3 is 0 Å². The van der Waals surface area contributed by atoms with Crippen LogP contribution in [-0.2, 0) is 6.54 Å². The Labute approximate surface area is 115 Å². The molecule has 1 spiro atoms. The van der Waals surface area contributed by atoms with Crippen molar-refractivity contribution in [3.05, 3.63) is 60.7 Å². The molecular formula is C17H20N2. The van der Waals surface area contributed by atoms with E-state index < -0.39 is 0 Å². The van der Waals surface area contributed by atoms with Gasteiger partial charge in [-0.05, 0) is 18.1 Å². The summed E-state index contributed by atoms with van der Waals surface area (Å²) >= 11 is 0. The Hall–Kier alpha value is -1.67. The van der Waals surface area contributed by atoms with Crippen LogP contribution in [0, 0.1) is 5.92 Å². The van der Waals surface area contributed by atoms with Crippen molar-refractivity contribution < 1.29 is 0 Å². The first-order chi connectivity index (χ1) is 9.32. The summed E-state index contributed by atoms with van der Waals surface area (Å²) in [6, 6.07) is 10.7. The van der Waals surface area contributed by atoms with Gasteiger partial charge in [0.05, 0.1) is 5.54 Å². The quantitative estimate of drug-likeness (QED) is 0.755. The Morgan fingerprint density at radius 3 is 2.89 bits per heavy atom. The molecule has 2 heteroatoms. The molecule has 0 N–H and O–H groups in total. The number of piperidine rings is 1. The minimum Gasteiger partial charge on any atom is -0.298 e. The molecule has 0 saturated carbocycles. The zero-order valence-electron chi connectivity index (χ0n) is 11.2. The normalized spacial score (nSPS) is 30.0. The Bertz CT molecular complexity index is 489. The number of likely N-dealkylation sites (tertiary alicyclic amines) is 1. The highest BCUT2D eigenvalue weighted by atomic mass is 15.2. The van der Waals surface area contributed by atoms with Crippen LogP contribution in [0.5, 0.6) is 0 Å². The molecule has 2 aliphatic heterocycles. The summed E-state index contributed by atoms with van der Waals surface area (Å²) in [6.07, 6.45) is 9.42. The highest BCUT2D eigenvalue weighted by Gasteiger charge is 2.40. The smallest absolute Gasteiger partial charge is 0.0877 e. The van der Waals surface area contributed by atoms with E-state index in [0.29, 0.717) is 5.92 Å². The van der Waals surface area contributed by atoms with E-state index >= 15 is 0 Å². The minimum atomic E-state index is -0.00502. The van der Waals surface area contributed by atoms with Gasteiger partial charge in [0.2, 0.25) is 0 Å². The predicted molar refractivity (Wildman–Crippen MR) is 80.4 cm³/mol. The number of aliphatic imine (C=N–C) groups is 1. The second-order valence-corrected chi connectivity index (χ2v) is 5.44. The molecule has 2 nitrogen and oxygen atoms in total. The lowest BCUT2D eigenvalue weighted by Gasteiger charge is -2.42. The third-order valence-corrected chi connectivity index (χ3v) is 4.24. The van der Waals surface area contributed by atoms with Crippen LogP contribution in [0.25, 0.3) is 0 Å². The number of hydrogen-bond acceptors (Lipinski definition) is 2. The Morgan fingerprint density at radius 1 is 1.37 bits per heavy atom.